The van der Waals surface area contributed by atoms with E-state index in [9.17, 15) is 8.60 Å². The SMILES string of the molecule is Cn1cc(-c2ccc(F)cc2)nc1S(C)=O. The van der Waals surface area contributed by atoms with Crippen molar-refractivity contribution in [1.82, 2.24) is 9.55 Å². The Morgan fingerprint density at radius 3 is 2.44 bits per heavy atom. The minimum atomic E-state index is -1.12. The van der Waals surface area contributed by atoms with E-state index in [1.807, 2.05) is 0 Å². The standard InChI is InChI=1S/C11H11FN2OS/c1-14-7-10(13-11(14)16(2)15)8-3-5-9(12)6-4-8/h3-7H,1-2H3. The van der Waals surface area contributed by atoms with Crippen LogP contribution >= 0.6 is 0 Å². The summed E-state index contributed by atoms with van der Waals surface area (Å²) >= 11 is 0. The van der Waals surface area contributed by atoms with Crippen LogP contribution in [0.3, 0.4) is 0 Å². The zero-order valence-corrected chi connectivity index (χ0v) is 9.79. The van der Waals surface area contributed by atoms with E-state index in [1.165, 1.54) is 12.1 Å². The van der Waals surface area contributed by atoms with E-state index in [1.54, 1.807) is 36.2 Å². The second-order valence-corrected chi connectivity index (χ2v) is 4.75. The van der Waals surface area contributed by atoms with Crippen LogP contribution in [0.5, 0.6) is 0 Å². The molecule has 0 saturated carbocycles. The Morgan fingerprint density at radius 2 is 1.94 bits per heavy atom. The fourth-order valence-corrected chi connectivity index (χ4v) is 2.16. The molecule has 0 radical (unpaired) electrons. The molecule has 1 aromatic carbocycles. The number of halogens is 1. The lowest BCUT2D eigenvalue weighted by atomic mass is 10.2. The molecule has 1 unspecified atom stereocenters. The first-order chi connectivity index (χ1) is 7.58. The third-order valence-electron chi connectivity index (χ3n) is 2.23. The molecule has 1 heterocycles. The van der Waals surface area contributed by atoms with Gasteiger partial charge in [0.2, 0.25) is 0 Å². The first kappa shape index (κ1) is 11.0. The highest BCUT2D eigenvalue weighted by atomic mass is 32.2. The van der Waals surface area contributed by atoms with E-state index >= 15 is 0 Å². The maximum atomic E-state index is 12.7. The Bertz CT molecular complexity index is 533. The van der Waals surface area contributed by atoms with Gasteiger partial charge in [0.1, 0.15) is 5.82 Å². The Morgan fingerprint density at radius 1 is 1.31 bits per heavy atom. The fraction of sp³-hybridized carbons (Fsp3) is 0.182. The minimum Gasteiger partial charge on any atom is -0.326 e. The number of nitrogens with zero attached hydrogens (tertiary/aromatic N) is 2. The number of hydrogen-bond donors (Lipinski definition) is 0. The topological polar surface area (TPSA) is 34.9 Å². The average Bonchev–Trinajstić information content (AvgIpc) is 2.61. The number of imidazole rings is 1. The molecule has 1 aromatic heterocycles. The van der Waals surface area contributed by atoms with E-state index in [0.29, 0.717) is 10.9 Å². The van der Waals surface area contributed by atoms with Crippen molar-refractivity contribution < 1.29 is 8.60 Å². The maximum Gasteiger partial charge on any atom is 0.199 e. The van der Waals surface area contributed by atoms with Gasteiger partial charge in [-0.25, -0.2) is 9.37 Å². The van der Waals surface area contributed by atoms with Gasteiger partial charge in [-0.2, -0.15) is 0 Å². The minimum absolute atomic E-state index is 0.279. The zero-order valence-electron chi connectivity index (χ0n) is 8.98. The van der Waals surface area contributed by atoms with Crippen molar-refractivity contribution in [2.24, 2.45) is 7.05 Å². The zero-order chi connectivity index (χ0) is 11.7. The van der Waals surface area contributed by atoms with Crippen molar-refractivity contribution in [2.45, 2.75) is 5.16 Å². The first-order valence-electron chi connectivity index (χ1n) is 4.70. The van der Waals surface area contributed by atoms with Gasteiger partial charge in [0, 0.05) is 25.1 Å². The highest BCUT2D eigenvalue weighted by molar-refractivity contribution is 7.84. The number of aromatic nitrogens is 2. The summed E-state index contributed by atoms with van der Waals surface area (Å²) in [6, 6.07) is 6.07. The Kier molecular flexibility index (Phi) is 2.87. The Hall–Kier alpha value is -1.49. The van der Waals surface area contributed by atoms with Crippen molar-refractivity contribution in [1.29, 1.82) is 0 Å². The summed E-state index contributed by atoms with van der Waals surface area (Å²) in [6.07, 6.45) is 3.36. The normalized spacial score (nSPS) is 12.7. The molecule has 5 heteroatoms. The van der Waals surface area contributed by atoms with E-state index in [2.05, 4.69) is 4.98 Å². The van der Waals surface area contributed by atoms with Crippen LogP contribution in [0, 0.1) is 5.82 Å². The molecule has 1 atom stereocenters. The molecule has 0 N–H and O–H groups in total. The van der Waals surface area contributed by atoms with Crippen LogP contribution in [0.25, 0.3) is 11.3 Å². The number of aryl methyl sites for hydroxylation is 1. The van der Waals surface area contributed by atoms with Crippen LogP contribution in [0.4, 0.5) is 4.39 Å². The van der Waals surface area contributed by atoms with Crippen molar-refractivity contribution in [3.8, 4) is 11.3 Å². The van der Waals surface area contributed by atoms with Gasteiger partial charge in [-0.05, 0) is 24.3 Å². The van der Waals surface area contributed by atoms with E-state index < -0.39 is 10.8 Å². The van der Waals surface area contributed by atoms with Crippen LogP contribution in [0.2, 0.25) is 0 Å². The highest BCUT2D eigenvalue weighted by Crippen LogP contribution is 2.19. The molecule has 0 aliphatic rings. The van der Waals surface area contributed by atoms with Gasteiger partial charge in [0.05, 0.1) is 16.5 Å². The van der Waals surface area contributed by atoms with Crippen molar-refractivity contribution in [2.75, 3.05) is 6.26 Å². The number of rotatable bonds is 2. The second-order valence-electron chi connectivity index (χ2n) is 3.48. The number of benzene rings is 1. The molecule has 0 aliphatic carbocycles. The van der Waals surface area contributed by atoms with E-state index in [-0.39, 0.29) is 5.82 Å². The molecule has 3 nitrogen and oxygen atoms in total. The molecule has 0 aliphatic heterocycles. The molecule has 0 bridgehead atoms. The second kappa shape index (κ2) is 4.17. The lowest BCUT2D eigenvalue weighted by molar-refractivity contribution is 0.628. The molecule has 0 saturated heterocycles. The van der Waals surface area contributed by atoms with Gasteiger partial charge >= 0.3 is 0 Å². The molecule has 0 amide bonds. The quantitative estimate of drug-likeness (QED) is 0.801. The highest BCUT2D eigenvalue weighted by Gasteiger charge is 2.09. The molecule has 0 fully saturated rings. The summed E-state index contributed by atoms with van der Waals surface area (Å²) < 4.78 is 25.8. The van der Waals surface area contributed by atoms with Gasteiger partial charge in [0.15, 0.2) is 5.16 Å². The molecular weight excluding hydrogens is 227 g/mol. The predicted molar refractivity (Wildman–Crippen MR) is 60.9 cm³/mol. The lowest BCUT2D eigenvalue weighted by Gasteiger charge is -1.94. The van der Waals surface area contributed by atoms with Gasteiger partial charge < -0.3 is 4.57 Å². The van der Waals surface area contributed by atoms with Gasteiger partial charge in [-0.15, -0.1) is 0 Å². The van der Waals surface area contributed by atoms with Crippen LogP contribution < -0.4 is 0 Å². The largest absolute Gasteiger partial charge is 0.326 e. The Labute approximate surface area is 95.4 Å². The molecule has 16 heavy (non-hydrogen) atoms. The molecular formula is C11H11FN2OS. The third kappa shape index (κ3) is 2.04. The predicted octanol–water partition coefficient (Wildman–Crippen LogP) is 1.96. The average molecular weight is 238 g/mol. The van der Waals surface area contributed by atoms with Gasteiger partial charge in [0.25, 0.3) is 0 Å². The molecule has 84 valence electrons. The molecule has 2 rings (SSSR count). The van der Waals surface area contributed by atoms with Crippen molar-refractivity contribution in [3.63, 3.8) is 0 Å². The summed E-state index contributed by atoms with van der Waals surface area (Å²) in [6.45, 7) is 0. The van der Waals surface area contributed by atoms with E-state index in [0.717, 1.165) is 5.56 Å². The van der Waals surface area contributed by atoms with Crippen LogP contribution in [-0.4, -0.2) is 20.0 Å². The van der Waals surface area contributed by atoms with Crippen LogP contribution in [0.1, 0.15) is 0 Å². The maximum absolute atomic E-state index is 12.7. The summed E-state index contributed by atoms with van der Waals surface area (Å²) in [7, 11) is 0.668. The van der Waals surface area contributed by atoms with Crippen LogP contribution in [0.15, 0.2) is 35.6 Å². The lowest BCUT2D eigenvalue weighted by Crippen LogP contribution is -1.97. The summed E-state index contributed by atoms with van der Waals surface area (Å²) in [4.78, 5) is 4.25. The Balaban J connectivity index is 2.45. The van der Waals surface area contributed by atoms with Crippen molar-refractivity contribution in [3.05, 3.63) is 36.3 Å². The van der Waals surface area contributed by atoms with E-state index in [4.69, 9.17) is 0 Å². The summed E-state index contributed by atoms with van der Waals surface area (Å²) in [5.74, 6) is -0.279. The van der Waals surface area contributed by atoms with Gasteiger partial charge in [-0.1, -0.05) is 0 Å². The van der Waals surface area contributed by atoms with Crippen LogP contribution in [-0.2, 0) is 17.8 Å². The molecule has 2 aromatic rings. The molecule has 0 spiro atoms. The summed E-state index contributed by atoms with van der Waals surface area (Å²) in [5, 5.41) is 0.513. The first-order valence-corrected chi connectivity index (χ1v) is 6.26. The fourth-order valence-electron chi connectivity index (χ4n) is 1.48. The monoisotopic (exact) mass is 238 g/mol. The van der Waals surface area contributed by atoms with Gasteiger partial charge in [-0.3, -0.25) is 4.21 Å². The summed E-state index contributed by atoms with van der Waals surface area (Å²) in [5.41, 5.74) is 1.52. The number of hydrogen-bond acceptors (Lipinski definition) is 2. The van der Waals surface area contributed by atoms with Crippen molar-refractivity contribution >= 4 is 10.8 Å². The third-order valence-corrected chi connectivity index (χ3v) is 3.12. The smallest absolute Gasteiger partial charge is 0.199 e.